The van der Waals surface area contributed by atoms with Gasteiger partial charge in [-0.05, 0) is 73.8 Å². The highest BCUT2D eigenvalue weighted by Gasteiger charge is 2.17. The Labute approximate surface area is 188 Å². The summed E-state index contributed by atoms with van der Waals surface area (Å²) in [5, 5.41) is 11.5. The summed E-state index contributed by atoms with van der Waals surface area (Å²) in [6.07, 6.45) is 5.49. The molecule has 164 valence electrons. The maximum absolute atomic E-state index is 9.16. The molecule has 6 heteroatoms. The molecule has 0 amide bonds. The zero-order valence-electron chi connectivity index (χ0n) is 18.3. The number of piperazine rings is 1. The van der Waals surface area contributed by atoms with Gasteiger partial charge in [-0.3, -0.25) is 4.90 Å². The predicted molar refractivity (Wildman–Crippen MR) is 129 cm³/mol. The first-order valence-corrected chi connectivity index (χ1v) is 11.4. The van der Waals surface area contributed by atoms with Crippen LogP contribution in [0.2, 0.25) is 0 Å². The lowest BCUT2D eigenvalue weighted by Gasteiger charge is -2.36. The molecule has 32 heavy (non-hydrogen) atoms. The van der Waals surface area contributed by atoms with Gasteiger partial charge in [-0.25, -0.2) is 0 Å². The van der Waals surface area contributed by atoms with Gasteiger partial charge in [0.2, 0.25) is 0 Å². The molecule has 1 aliphatic heterocycles. The second kappa shape index (κ2) is 9.07. The smallest absolute Gasteiger partial charge is 0.134 e. The van der Waals surface area contributed by atoms with Crippen LogP contribution < -0.4 is 10.6 Å². The van der Waals surface area contributed by atoms with Gasteiger partial charge in [-0.1, -0.05) is 0 Å². The Balaban J connectivity index is 1.10. The standard InChI is InChI=1S/C26H29N5O/c27-16-19-4-6-25-24(13-19)20(18-29-25)3-1-2-8-30-9-11-31(12-10-30)22-5-7-26-21(14-22)15-23(17-28)32-26/h4-7,13-15,18,29H,1-3,8-12,17,28H2. The average molecular weight is 428 g/mol. The first-order chi connectivity index (χ1) is 15.7. The van der Waals surface area contributed by atoms with Gasteiger partial charge in [0.1, 0.15) is 11.3 Å². The molecule has 0 saturated carbocycles. The van der Waals surface area contributed by atoms with Crippen LogP contribution in [-0.4, -0.2) is 42.6 Å². The number of rotatable bonds is 7. The molecule has 3 N–H and O–H groups in total. The molecule has 0 aliphatic carbocycles. The van der Waals surface area contributed by atoms with Crippen molar-refractivity contribution in [2.24, 2.45) is 5.73 Å². The van der Waals surface area contributed by atoms with E-state index in [4.69, 9.17) is 15.4 Å². The fourth-order valence-electron chi connectivity index (χ4n) is 4.72. The molecule has 3 heterocycles. The van der Waals surface area contributed by atoms with E-state index in [0.717, 1.165) is 73.4 Å². The number of nitrogens with zero attached hydrogens (tertiary/aromatic N) is 3. The summed E-state index contributed by atoms with van der Waals surface area (Å²) in [4.78, 5) is 8.36. The van der Waals surface area contributed by atoms with Crippen LogP contribution in [0.5, 0.6) is 0 Å². The van der Waals surface area contributed by atoms with Crippen molar-refractivity contribution in [3.05, 3.63) is 65.5 Å². The molecule has 0 bridgehead atoms. The topological polar surface area (TPSA) is 85.2 Å². The van der Waals surface area contributed by atoms with E-state index in [1.807, 2.05) is 24.3 Å². The number of hydrogen-bond donors (Lipinski definition) is 2. The number of anilines is 1. The normalized spacial score (nSPS) is 14.9. The third-order valence-corrected chi connectivity index (χ3v) is 6.56. The summed E-state index contributed by atoms with van der Waals surface area (Å²) in [5.74, 6) is 0.833. The molecule has 0 spiro atoms. The van der Waals surface area contributed by atoms with Crippen molar-refractivity contribution in [1.29, 1.82) is 5.26 Å². The van der Waals surface area contributed by atoms with Gasteiger partial charge in [0.25, 0.3) is 0 Å². The Morgan fingerprint density at radius 3 is 2.72 bits per heavy atom. The summed E-state index contributed by atoms with van der Waals surface area (Å²) in [7, 11) is 0. The third kappa shape index (κ3) is 4.22. The van der Waals surface area contributed by atoms with Crippen molar-refractivity contribution < 1.29 is 4.42 Å². The number of nitrogens with two attached hydrogens (primary N) is 1. The lowest BCUT2D eigenvalue weighted by molar-refractivity contribution is 0.253. The van der Waals surface area contributed by atoms with Crippen molar-refractivity contribution in [2.45, 2.75) is 25.8 Å². The number of fused-ring (bicyclic) bond motifs is 2. The predicted octanol–water partition coefficient (Wildman–Crippen LogP) is 4.39. The number of aromatic amines is 1. The summed E-state index contributed by atoms with van der Waals surface area (Å²) < 4.78 is 5.73. The maximum atomic E-state index is 9.16. The van der Waals surface area contributed by atoms with E-state index < -0.39 is 0 Å². The number of unbranched alkanes of at least 4 members (excludes halogenated alkanes) is 1. The van der Waals surface area contributed by atoms with E-state index >= 15 is 0 Å². The number of nitriles is 1. The van der Waals surface area contributed by atoms with Crippen LogP contribution >= 0.6 is 0 Å². The zero-order valence-corrected chi connectivity index (χ0v) is 18.3. The number of benzene rings is 2. The van der Waals surface area contributed by atoms with Crippen molar-refractivity contribution in [3.63, 3.8) is 0 Å². The van der Waals surface area contributed by atoms with E-state index in [2.05, 4.69) is 45.2 Å². The molecule has 1 saturated heterocycles. The third-order valence-electron chi connectivity index (χ3n) is 6.56. The number of H-pyrrole nitrogens is 1. The highest BCUT2D eigenvalue weighted by atomic mass is 16.3. The Kier molecular flexibility index (Phi) is 5.85. The second-order valence-corrected chi connectivity index (χ2v) is 8.61. The lowest BCUT2D eigenvalue weighted by Crippen LogP contribution is -2.46. The SMILES string of the molecule is N#Cc1ccc2[nH]cc(CCCCN3CCN(c4ccc5oc(CN)cc5c4)CC3)c2c1. The largest absolute Gasteiger partial charge is 0.460 e. The fraction of sp³-hybridized carbons (Fsp3) is 0.346. The van der Waals surface area contributed by atoms with Gasteiger partial charge in [0.15, 0.2) is 0 Å². The van der Waals surface area contributed by atoms with E-state index in [-0.39, 0.29) is 0 Å². The monoisotopic (exact) mass is 427 g/mol. The molecular formula is C26H29N5O. The molecule has 5 rings (SSSR count). The van der Waals surface area contributed by atoms with Crippen LogP contribution in [0.15, 0.2) is 53.1 Å². The van der Waals surface area contributed by atoms with E-state index in [1.54, 1.807) is 0 Å². The number of aromatic nitrogens is 1. The Morgan fingerprint density at radius 2 is 1.91 bits per heavy atom. The molecule has 0 radical (unpaired) electrons. The number of furan rings is 1. The van der Waals surface area contributed by atoms with Crippen LogP contribution in [0, 0.1) is 11.3 Å². The Morgan fingerprint density at radius 1 is 1.03 bits per heavy atom. The highest BCUT2D eigenvalue weighted by molar-refractivity contribution is 5.84. The maximum Gasteiger partial charge on any atom is 0.134 e. The summed E-state index contributed by atoms with van der Waals surface area (Å²) in [6.45, 7) is 5.86. The van der Waals surface area contributed by atoms with Crippen molar-refractivity contribution in [1.82, 2.24) is 9.88 Å². The number of nitrogens with one attached hydrogen (secondary N) is 1. The van der Waals surface area contributed by atoms with Crippen LogP contribution in [-0.2, 0) is 13.0 Å². The lowest BCUT2D eigenvalue weighted by atomic mass is 10.1. The number of hydrogen-bond acceptors (Lipinski definition) is 5. The van der Waals surface area contributed by atoms with E-state index in [9.17, 15) is 0 Å². The highest BCUT2D eigenvalue weighted by Crippen LogP contribution is 2.26. The zero-order chi connectivity index (χ0) is 21.9. The summed E-state index contributed by atoms with van der Waals surface area (Å²) in [5.41, 5.74) is 11.0. The minimum atomic E-state index is 0.434. The molecule has 2 aromatic carbocycles. The molecule has 1 fully saturated rings. The van der Waals surface area contributed by atoms with Gasteiger partial charge < -0.3 is 20.0 Å². The van der Waals surface area contributed by atoms with E-state index in [0.29, 0.717) is 6.54 Å². The Hall–Kier alpha value is -3.27. The van der Waals surface area contributed by atoms with E-state index in [1.165, 1.54) is 23.1 Å². The molecule has 6 nitrogen and oxygen atoms in total. The summed E-state index contributed by atoms with van der Waals surface area (Å²) >= 11 is 0. The van der Waals surface area contributed by atoms with Gasteiger partial charge >= 0.3 is 0 Å². The molecule has 4 aromatic rings. The quantitative estimate of drug-likeness (QED) is 0.427. The van der Waals surface area contributed by atoms with Crippen LogP contribution in [0.4, 0.5) is 5.69 Å². The van der Waals surface area contributed by atoms with Crippen molar-refractivity contribution in [2.75, 3.05) is 37.6 Å². The van der Waals surface area contributed by atoms with Crippen molar-refractivity contribution >= 4 is 27.6 Å². The fourth-order valence-corrected chi connectivity index (χ4v) is 4.72. The molecule has 0 unspecified atom stereocenters. The second-order valence-electron chi connectivity index (χ2n) is 8.61. The molecule has 1 aliphatic rings. The molecule has 2 aromatic heterocycles. The summed E-state index contributed by atoms with van der Waals surface area (Å²) in [6, 6.07) is 16.6. The van der Waals surface area contributed by atoms with Crippen molar-refractivity contribution in [3.8, 4) is 6.07 Å². The van der Waals surface area contributed by atoms with Crippen LogP contribution in [0.1, 0.15) is 29.7 Å². The van der Waals surface area contributed by atoms with Crippen LogP contribution in [0.25, 0.3) is 21.9 Å². The van der Waals surface area contributed by atoms with Gasteiger partial charge in [-0.15, -0.1) is 0 Å². The van der Waals surface area contributed by atoms with Gasteiger partial charge in [-0.2, -0.15) is 5.26 Å². The van der Waals surface area contributed by atoms with Gasteiger partial charge in [0, 0.05) is 54.4 Å². The molecular weight excluding hydrogens is 398 g/mol. The first kappa shape index (κ1) is 20.6. The minimum absolute atomic E-state index is 0.434. The van der Waals surface area contributed by atoms with Gasteiger partial charge in [0.05, 0.1) is 18.2 Å². The first-order valence-electron chi connectivity index (χ1n) is 11.4. The number of aryl methyl sites for hydroxylation is 1. The van der Waals surface area contributed by atoms with Crippen LogP contribution in [0.3, 0.4) is 0 Å². The average Bonchev–Trinajstić information content (AvgIpc) is 3.45. The Bertz CT molecular complexity index is 1260. The molecule has 0 atom stereocenters. The minimum Gasteiger partial charge on any atom is -0.460 e.